The van der Waals surface area contributed by atoms with E-state index in [9.17, 15) is 0 Å². The molecule has 2 heteroatoms. The van der Waals surface area contributed by atoms with E-state index in [0.29, 0.717) is 0 Å². The van der Waals surface area contributed by atoms with Gasteiger partial charge in [-0.1, -0.05) is 66.7 Å². The van der Waals surface area contributed by atoms with Gasteiger partial charge in [-0.2, -0.15) is 0 Å². The largest absolute Gasteiger partial charge is 0.304 e. The third kappa shape index (κ3) is 2.58. The Kier molecular flexibility index (Phi) is 3.66. The van der Waals surface area contributed by atoms with Gasteiger partial charge in [0, 0.05) is 19.8 Å². The van der Waals surface area contributed by atoms with Gasteiger partial charge in [0.15, 0.2) is 0 Å². The summed E-state index contributed by atoms with van der Waals surface area (Å²) in [6.45, 7) is 4.32. The van der Waals surface area contributed by atoms with Crippen LogP contribution in [0.2, 0.25) is 0 Å². The van der Waals surface area contributed by atoms with Crippen LogP contribution in [0.25, 0.3) is 32.3 Å². The van der Waals surface area contributed by atoms with Gasteiger partial charge in [0.25, 0.3) is 0 Å². The van der Waals surface area contributed by atoms with Crippen molar-refractivity contribution in [2.24, 2.45) is 0 Å². The summed E-state index contributed by atoms with van der Waals surface area (Å²) in [5.74, 6) is 0. The third-order valence-corrected chi connectivity index (χ3v) is 5.41. The second-order valence-electron chi connectivity index (χ2n) is 7.03. The molecule has 0 bridgehead atoms. The maximum absolute atomic E-state index is 3.49. The molecule has 1 heterocycles. The van der Waals surface area contributed by atoms with Gasteiger partial charge in [-0.25, -0.2) is 0 Å². The minimum Gasteiger partial charge on any atom is -0.304 e. The highest BCUT2D eigenvalue weighted by Gasteiger charge is 2.13. The van der Waals surface area contributed by atoms with Gasteiger partial charge < -0.3 is 5.32 Å². The third-order valence-electron chi connectivity index (χ3n) is 5.41. The number of benzene rings is 4. The summed E-state index contributed by atoms with van der Waals surface area (Å²) < 4.78 is 0. The molecule has 0 spiro atoms. The molecule has 1 saturated heterocycles. The van der Waals surface area contributed by atoms with E-state index in [0.717, 1.165) is 19.8 Å². The summed E-state index contributed by atoms with van der Waals surface area (Å²) in [6, 6.07) is 24.5. The Morgan fingerprint density at radius 1 is 0.760 bits per heavy atom. The van der Waals surface area contributed by atoms with Gasteiger partial charge in [-0.3, -0.25) is 4.90 Å². The number of fused-ring (bicyclic) bond motifs is 5. The van der Waals surface area contributed by atoms with Gasteiger partial charge in [0.1, 0.15) is 0 Å². The van der Waals surface area contributed by atoms with Gasteiger partial charge in [0.05, 0.1) is 0 Å². The van der Waals surface area contributed by atoms with Crippen molar-refractivity contribution in [3.05, 3.63) is 72.3 Å². The second-order valence-corrected chi connectivity index (χ2v) is 7.03. The summed E-state index contributed by atoms with van der Waals surface area (Å²) in [7, 11) is 0. The standard InChI is InChI=1S/C23H22N2/c1-2-8-20-17(5-1)9-12-22-21(20)11-10-18-6-3-7-19(23(18)22)15-25-14-4-13-24-16-25/h1-3,5-12,24H,4,13-16H2. The maximum atomic E-state index is 3.49. The summed E-state index contributed by atoms with van der Waals surface area (Å²) in [6.07, 6.45) is 1.23. The quantitative estimate of drug-likeness (QED) is 0.527. The van der Waals surface area contributed by atoms with Crippen LogP contribution in [0.4, 0.5) is 0 Å². The van der Waals surface area contributed by atoms with Crippen molar-refractivity contribution in [1.82, 2.24) is 10.2 Å². The second kappa shape index (κ2) is 6.14. The average Bonchev–Trinajstić information content (AvgIpc) is 2.68. The predicted octanol–water partition coefficient (Wildman–Crippen LogP) is 4.90. The Labute approximate surface area is 148 Å². The van der Waals surface area contributed by atoms with E-state index in [2.05, 4.69) is 76.9 Å². The molecule has 5 rings (SSSR count). The molecule has 1 N–H and O–H groups in total. The number of nitrogens with one attached hydrogen (secondary N) is 1. The fourth-order valence-corrected chi connectivity index (χ4v) is 4.21. The molecule has 4 aromatic carbocycles. The zero-order chi connectivity index (χ0) is 16.6. The van der Waals surface area contributed by atoms with Crippen molar-refractivity contribution >= 4 is 32.3 Å². The molecule has 124 valence electrons. The van der Waals surface area contributed by atoms with Crippen LogP contribution in [-0.4, -0.2) is 24.7 Å². The molecule has 0 radical (unpaired) electrons. The molecule has 0 atom stereocenters. The number of hydrogen-bond donors (Lipinski definition) is 1. The first-order valence-corrected chi connectivity index (χ1v) is 9.15. The number of nitrogens with zero attached hydrogens (tertiary/aromatic N) is 1. The molecule has 25 heavy (non-hydrogen) atoms. The Morgan fingerprint density at radius 2 is 1.60 bits per heavy atom. The lowest BCUT2D eigenvalue weighted by Gasteiger charge is -2.28. The van der Waals surface area contributed by atoms with Crippen molar-refractivity contribution in [3.63, 3.8) is 0 Å². The lowest BCUT2D eigenvalue weighted by atomic mass is 9.94. The number of hydrogen-bond acceptors (Lipinski definition) is 2. The van der Waals surface area contributed by atoms with Crippen molar-refractivity contribution < 1.29 is 0 Å². The van der Waals surface area contributed by atoms with Crippen molar-refractivity contribution in [2.75, 3.05) is 19.8 Å². The summed E-state index contributed by atoms with van der Waals surface area (Å²) >= 11 is 0. The van der Waals surface area contributed by atoms with E-state index in [1.165, 1.54) is 50.8 Å². The van der Waals surface area contributed by atoms with Crippen LogP contribution >= 0.6 is 0 Å². The van der Waals surface area contributed by atoms with Crippen LogP contribution in [0.1, 0.15) is 12.0 Å². The Hall–Kier alpha value is -2.42. The molecule has 1 fully saturated rings. The maximum Gasteiger partial charge on any atom is 0.0483 e. The van der Waals surface area contributed by atoms with Crippen molar-refractivity contribution in [2.45, 2.75) is 13.0 Å². The van der Waals surface area contributed by atoms with Gasteiger partial charge >= 0.3 is 0 Å². The van der Waals surface area contributed by atoms with Crippen molar-refractivity contribution in [1.29, 1.82) is 0 Å². The van der Waals surface area contributed by atoms with E-state index in [-0.39, 0.29) is 0 Å². The monoisotopic (exact) mass is 326 g/mol. The molecule has 1 aliphatic heterocycles. The van der Waals surface area contributed by atoms with E-state index < -0.39 is 0 Å². The normalized spacial score (nSPS) is 16.0. The Balaban J connectivity index is 1.74. The summed E-state index contributed by atoms with van der Waals surface area (Å²) in [4.78, 5) is 2.51. The van der Waals surface area contributed by atoms with Crippen LogP contribution in [0.3, 0.4) is 0 Å². The molecule has 0 unspecified atom stereocenters. The number of rotatable bonds is 2. The zero-order valence-electron chi connectivity index (χ0n) is 14.3. The van der Waals surface area contributed by atoms with Gasteiger partial charge in [-0.05, 0) is 50.8 Å². The molecule has 4 aromatic rings. The summed E-state index contributed by atoms with van der Waals surface area (Å²) in [5.41, 5.74) is 1.43. The van der Waals surface area contributed by atoms with Crippen LogP contribution in [0.15, 0.2) is 66.7 Å². The SMILES string of the molecule is c1ccc2c(c1)ccc1c2ccc2cccc(CN3CCCNC3)c21. The van der Waals surface area contributed by atoms with E-state index in [4.69, 9.17) is 0 Å². The Bertz CT molecular complexity index is 1060. The van der Waals surface area contributed by atoms with E-state index in [1.807, 2.05) is 0 Å². The predicted molar refractivity (Wildman–Crippen MR) is 107 cm³/mol. The minimum absolute atomic E-state index is 0.990. The van der Waals surface area contributed by atoms with Gasteiger partial charge in [0.2, 0.25) is 0 Å². The smallest absolute Gasteiger partial charge is 0.0483 e. The molecular formula is C23H22N2. The van der Waals surface area contributed by atoms with Crippen LogP contribution in [-0.2, 0) is 6.54 Å². The fraction of sp³-hybridized carbons (Fsp3) is 0.217. The highest BCUT2D eigenvalue weighted by molar-refractivity contribution is 6.18. The molecule has 2 nitrogen and oxygen atoms in total. The highest BCUT2D eigenvalue weighted by atomic mass is 15.2. The molecule has 0 saturated carbocycles. The molecule has 1 aliphatic rings. The topological polar surface area (TPSA) is 15.3 Å². The lowest BCUT2D eigenvalue weighted by Crippen LogP contribution is -2.40. The first-order chi connectivity index (χ1) is 12.4. The highest BCUT2D eigenvalue weighted by Crippen LogP contribution is 2.33. The zero-order valence-corrected chi connectivity index (χ0v) is 14.3. The van der Waals surface area contributed by atoms with E-state index >= 15 is 0 Å². The lowest BCUT2D eigenvalue weighted by molar-refractivity contribution is 0.208. The van der Waals surface area contributed by atoms with Gasteiger partial charge in [-0.15, -0.1) is 0 Å². The molecular weight excluding hydrogens is 304 g/mol. The average molecular weight is 326 g/mol. The van der Waals surface area contributed by atoms with Crippen LogP contribution in [0, 0.1) is 0 Å². The molecule has 0 aliphatic carbocycles. The summed E-state index contributed by atoms with van der Waals surface area (Å²) in [5, 5.41) is 11.6. The molecule has 0 amide bonds. The first kappa shape index (κ1) is 14.9. The fourth-order valence-electron chi connectivity index (χ4n) is 4.21. The van der Waals surface area contributed by atoms with E-state index in [1.54, 1.807) is 0 Å². The van der Waals surface area contributed by atoms with Crippen molar-refractivity contribution in [3.8, 4) is 0 Å². The van der Waals surface area contributed by atoms with Crippen LogP contribution in [0.5, 0.6) is 0 Å². The molecule has 0 aromatic heterocycles. The van der Waals surface area contributed by atoms with Crippen LogP contribution < -0.4 is 5.32 Å². The minimum atomic E-state index is 0.990. The Morgan fingerprint density at radius 3 is 2.52 bits per heavy atom. The first-order valence-electron chi connectivity index (χ1n) is 9.15.